The molecule has 36 heavy (non-hydrogen) atoms. The van der Waals surface area contributed by atoms with Crippen molar-refractivity contribution in [1.29, 1.82) is 0 Å². The highest BCUT2D eigenvalue weighted by molar-refractivity contribution is 6.04. The normalized spacial score (nSPS) is 14.2. The molecule has 184 valence electrons. The van der Waals surface area contributed by atoms with Crippen LogP contribution in [0.1, 0.15) is 32.3 Å². The molecule has 0 saturated carbocycles. The van der Waals surface area contributed by atoms with Gasteiger partial charge in [0.15, 0.2) is 5.82 Å². The average molecular weight is 489 g/mol. The molecule has 10 nitrogen and oxygen atoms in total. The van der Waals surface area contributed by atoms with Gasteiger partial charge in [-0.05, 0) is 37.1 Å². The van der Waals surface area contributed by atoms with Gasteiger partial charge in [-0.25, -0.2) is 23.9 Å². The molecule has 1 saturated heterocycles. The fourth-order valence-electron chi connectivity index (χ4n) is 4.14. The van der Waals surface area contributed by atoms with Gasteiger partial charge in [-0.15, -0.1) is 0 Å². The summed E-state index contributed by atoms with van der Waals surface area (Å²) in [5.41, 5.74) is 3.22. The van der Waals surface area contributed by atoms with Gasteiger partial charge < -0.3 is 10.2 Å². The molecule has 0 spiro atoms. The van der Waals surface area contributed by atoms with E-state index in [-0.39, 0.29) is 42.5 Å². The second-order valence-electron chi connectivity index (χ2n) is 8.80. The summed E-state index contributed by atoms with van der Waals surface area (Å²) in [5.74, 6) is 0.0291. The highest BCUT2D eigenvalue weighted by Crippen LogP contribution is 2.27. The Hall–Kier alpha value is -4.41. The molecule has 4 aromatic rings. The molecule has 0 radical (unpaired) electrons. The molecular weight excluding hydrogens is 463 g/mol. The number of pyridine rings is 2. The minimum atomic E-state index is -0.548. The maximum absolute atomic E-state index is 14.7. The third-order valence-corrected chi connectivity index (χ3v) is 6.15. The zero-order chi connectivity index (χ0) is 25.4. The summed E-state index contributed by atoms with van der Waals surface area (Å²) >= 11 is 0. The summed E-state index contributed by atoms with van der Waals surface area (Å²) < 4.78 is 16.5. The highest BCUT2D eigenvalue weighted by Gasteiger charge is 2.30. The van der Waals surface area contributed by atoms with Gasteiger partial charge in [0.2, 0.25) is 17.8 Å². The lowest BCUT2D eigenvalue weighted by Crippen LogP contribution is -2.53. The second-order valence-corrected chi connectivity index (χ2v) is 8.80. The molecular formula is C25H25FN8O2. The SMILES string of the molecule is CCN1CC(=O)N(c2ccc(Nc3ncc(F)c(-c4ccn5ncc(C(C)C)c5c4)n3)nc2)CC1=O. The van der Waals surface area contributed by atoms with E-state index in [2.05, 4.69) is 39.2 Å². The molecule has 1 N–H and O–H groups in total. The Bertz CT molecular complexity index is 1450. The molecule has 1 aliphatic rings. The molecule has 4 aromatic heterocycles. The van der Waals surface area contributed by atoms with Crippen molar-refractivity contribution in [2.24, 2.45) is 0 Å². The third kappa shape index (κ3) is 4.35. The molecule has 0 unspecified atom stereocenters. The Kier molecular flexibility index (Phi) is 6.05. The van der Waals surface area contributed by atoms with Gasteiger partial charge in [-0.2, -0.15) is 5.10 Å². The van der Waals surface area contributed by atoms with E-state index in [9.17, 15) is 14.0 Å². The second kappa shape index (κ2) is 9.33. The molecule has 0 bridgehead atoms. The molecule has 5 rings (SSSR count). The number of aromatic nitrogens is 5. The van der Waals surface area contributed by atoms with E-state index in [1.807, 2.05) is 19.2 Å². The maximum Gasteiger partial charge on any atom is 0.247 e. The maximum atomic E-state index is 14.7. The van der Waals surface area contributed by atoms with Crippen LogP contribution in [0.4, 0.5) is 21.8 Å². The summed E-state index contributed by atoms with van der Waals surface area (Å²) in [6.45, 7) is 6.51. The van der Waals surface area contributed by atoms with E-state index < -0.39 is 5.82 Å². The van der Waals surface area contributed by atoms with E-state index in [1.165, 1.54) is 16.0 Å². The van der Waals surface area contributed by atoms with Crippen LogP contribution in [-0.4, -0.2) is 60.9 Å². The first-order valence-corrected chi connectivity index (χ1v) is 11.7. The van der Waals surface area contributed by atoms with Crippen LogP contribution in [0, 0.1) is 5.82 Å². The lowest BCUT2D eigenvalue weighted by Gasteiger charge is -2.33. The monoisotopic (exact) mass is 488 g/mol. The molecule has 1 fully saturated rings. The standard InChI is InChI=1S/C25H25FN8O2/c1-4-32-13-23(36)33(14-22(32)35)17-5-6-21(27-10-17)30-25-28-12-19(26)24(31-25)16-7-8-34-20(9-16)18(11-29-34)15(2)3/h5-12,15H,4,13-14H2,1-3H3,(H,27,28,30,31). The van der Waals surface area contributed by atoms with Gasteiger partial charge in [-0.3, -0.25) is 14.5 Å². The summed E-state index contributed by atoms with van der Waals surface area (Å²) in [6, 6.07) is 6.95. The molecule has 1 aliphatic heterocycles. The smallest absolute Gasteiger partial charge is 0.247 e. The molecule has 11 heteroatoms. The van der Waals surface area contributed by atoms with Crippen LogP contribution in [0.2, 0.25) is 0 Å². The fourth-order valence-corrected chi connectivity index (χ4v) is 4.14. The van der Waals surface area contributed by atoms with Crippen LogP contribution in [0.15, 0.2) is 49.1 Å². The van der Waals surface area contributed by atoms with Crippen LogP contribution in [0.3, 0.4) is 0 Å². The van der Waals surface area contributed by atoms with Crippen LogP contribution >= 0.6 is 0 Å². The van der Waals surface area contributed by atoms with E-state index in [4.69, 9.17) is 0 Å². The average Bonchev–Trinajstić information content (AvgIpc) is 3.30. The first kappa shape index (κ1) is 23.3. The number of anilines is 3. The molecule has 5 heterocycles. The first-order valence-electron chi connectivity index (χ1n) is 11.7. The van der Waals surface area contributed by atoms with Gasteiger partial charge in [0.1, 0.15) is 24.6 Å². The van der Waals surface area contributed by atoms with Crippen LogP contribution in [0.25, 0.3) is 16.8 Å². The van der Waals surface area contributed by atoms with E-state index >= 15 is 0 Å². The van der Waals surface area contributed by atoms with Crippen molar-refractivity contribution in [2.45, 2.75) is 26.7 Å². The molecule has 2 amide bonds. The zero-order valence-electron chi connectivity index (χ0n) is 20.1. The van der Waals surface area contributed by atoms with Crippen LogP contribution < -0.4 is 10.2 Å². The van der Waals surface area contributed by atoms with E-state index in [1.54, 1.807) is 28.9 Å². The van der Waals surface area contributed by atoms with Crippen molar-refractivity contribution in [2.75, 3.05) is 29.9 Å². The Morgan fingerprint density at radius 3 is 2.61 bits per heavy atom. The number of carbonyl (C=O) groups excluding carboxylic acids is 2. The predicted molar refractivity (Wildman–Crippen MR) is 132 cm³/mol. The van der Waals surface area contributed by atoms with Crippen molar-refractivity contribution in [3.8, 4) is 11.3 Å². The van der Waals surface area contributed by atoms with Crippen molar-refractivity contribution in [3.05, 3.63) is 60.4 Å². The van der Waals surface area contributed by atoms with E-state index in [0.717, 1.165) is 17.3 Å². The van der Waals surface area contributed by atoms with Crippen molar-refractivity contribution >= 4 is 34.8 Å². The molecule has 0 aliphatic carbocycles. The van der Waals surface area contributed by atoms with Gasteiger partial charge in [-0.1, -0.05) is 13.8 Å². The number of nitrogens with one attached hydrogen (secondary N) is 1. The van der Waals surface area contributed by atoms with Gasteiger partial charge in [0.25, 0.3) is 0 Å². The number of hydrogen-bond donors (Lipinski definition) is 1. The first-order chi connectivity index (χ1) is 17.3. The third-order valence-electron chi connectivity index (χ3n) is 6.15. The minimum absolute atomic E-state index is 0.0222. The summed E-state index contributed by atoms with van der Waals surface area (Å²) in [5, 5.41) is 7.33. The number of carbonyl (C=O) groups is 2. The molecule has 0 atom stereocenters. The van der Waals surface area contributed by atoms with Crippen LogP contribution in [-0.2, 0) is 9.59 Å². The topological polar surface area (TPSA) is 109 Å². The number of rotatable bonds is 6. The van der Waals surface area contributed by atoms with Crippen molar-refractivity contribution in [3.63, 3.8) is 0 Å². The van der Waals surface area contributed by atoms with E-state index in [0.29, 0.717) is 23.6 Å². The Morgan fingerprint density at radius 1 is 1.06 bits per heavy atom. The largest absolute Gasteiger partial charge is 0.332 e. The number of halogens is 1. The highest BCUT2D eigenvalue weighted by atomic mass is 19.1. The quantitative estimate of drug-likeness (QED) is 0.443. The predicted octanol–water partition coefficient (Wildman–Crippen LogP) is 3.39. The Morgan fingerprint density at radius 2 is 1.89 bits per heavy atom. The summed E-state index contributed by atoms with van der Waals surface area (Å²) in [6.07, 6.45) is 6.20. The Labute approximate surface area is 206 Å². The fraction of sp³-hybridized carbons (Fsp3) is 0.280. The number of nitrogens with zero attached hydrogens (tertiary/aromatic N) is 7. The van der Waals surface area contributed by atoms with Gasteiger partial charge >= 0.3 is 0 Å². The summed E-state index contributed by atoms with van der Waals surface area (Å²) in [7, 11) is 0. The number of piperazine rings is 1. The van der Waals surface area contributed by atoms with Gasteiger partial charge in [0.05, 0.1) is 29.8 Å². The zero-order valence-corrected chi connectivity index (χ0v) is 20.1. The lowest BCUT2D eigenvalue weighted by molar-refractivity contribution is -0.138. The minimum Gasteiger partial charge on any atom is -0.332 e. The lowest BCUT2D eigenvalue weighted by atomic mass is 10.0. The van der Waals surface area contributed by atoms with Crippen molar-refractivity contribution < 1.29 is 14.0 Å². The number of likely N-dealkylation sites (N-methyl/N-ethyl adjacent to an activating group) is 1. The van der Waals surface area contributed by atoms with Crippen LogP contribution in [0.5, 0.6) is 0 Å². The summed E-state index contributed by atoms with van der Waals surface area (Å²) in [4.78, 5) is 40.3. The number of amides is 2. The Balaban J connectivity index is 1.37. The number of fused-ring (bicyclic) bond motifs is 1. The van der Waals surface area contributed by atoms with Gasteiger partial charge in [0, 0.05) is 23.9 Å². The number of hydrogen-bond acceptors (Lipinski definition) is 7. The van der Waals surface area contributed by atoms with Crippen molar-refractivity contribution in [1.82, 2.24) is 29.5 Å². The molecule has 0 aromatic carbocycles.